The Morgan fingerprint density at radius 1 is 1.06 bits per heavy atom. The van der Waals surface area contributed by atoms with Gasteiger partial charge in [-0.2, -0.15) is 5.26 Å². The van der Waals surface area contributed by atoms with E-state index in [1.165, 1.54) is 51.6 Å². The number of likely N-dealkylation sites (tertiary alicyclic amines) is 1. The van der Waals surface area contributed by atoms with E-state index in [0.29, 0.717) is 24.0 Å². The van der Waals surface area contributed by atoms with Gasteiger partial charge in [0.05, 0.1) is 24.2 Å². The van der Waals surface area contributed by atoms with Crippen molar-refractivity contribution in [2.45, 2.75) is 57.2 Å². The van der Waals surface area contributed by atoms with E-state index < -0.39 is 0 Å². The summed E-state index contributed by atoms with van der Waals surface area (Å²) in [5.74, 6) is 1.03. The maximum Gasteiger partial charge on any atom is 0.0659 e. The van der Waals surface area contributed by atoms with Gasteiger partial charge in [0.2, 0.25) is 0 Å². The van der Waals surface area contributed by atoms with Crippen molar-refractivity contribution >= 4 is 0 Å². The van der Waals surface area contributed by atoms with Crippen molar-refractivity contribution in [2.24, 2.45) is 11.8 Å². The van der Waals surface area contributed by atoms with Crippen LogP contribution in [-0.2, 0) is 4.74 Å². The van der Waals surface area contributed by atoms with Crippen LogP contribution in [0.15, 0.2) is 0 Å². The van der Waals surface area contributed by atoms with Gasteiger partial charge in [0.25, 0.3) is 0 Å². The van der Waals surface area contributed by atoms with E-state index in [9.17, 15) is 0 Å². The Hall–Kier alpha value is -0.590. The van der Waals surface area contributed by atoms with Gasteiger partial charge in [0.1, 0.15) is 0 Å². The molecule has 3 fully saturated rings. The minimum atomic E-state index is 0.359. The molecule has 3 aliphatic rings. The van der Waals surface area contributed by atoms with Gasteiger partial charge < -0.3 is 9.64 Å². The number of hydrogen-bond acceptors (Lipinski definition) is 3. The third kappa shape index (κ3) is 3.05. The molecule has 0 spiro atoms. The first kappa shape index (κ1) is 12.4. The van der Waals surface area contributed by atoms with Crippen LogP contribution in [0.25, 0.3) is 0 Å². The summed E-state index contributed by atoms with van der Waals surface area (Å²) in [7, 11) is 0. The van der Waals surface area contributed by atoms with Crippen LogP contribution in [0.1, 0.15) is 44.9 Å². The monoisotopic (exact) mass is 248 g/mol. The van der Waals surface area contributed by atoms with E-state index in [4.69, 9.17) is 10.00 Å². The summed E-state index contributed by atoms with van der Waals surface area (Å²) >= 11 is 0. The average Bonchev–Trinajstić information content (AvgIpc) is 2.94. The minimum absolute atomic E-state index is 0.359. The Morgan fingerprint density at radius 3 is 2.33 bits per heavy atom. The molecule has 1 aliphatic heterocycles. The van der Waals surface area contributed by atoms with Crippen LogP contribution >= 0.6 is 0 Å². The summed E-state index contributed by atoms with van der Waals surface area (Å²) in [6.07, 6.45) is 9.89. The van der Waals surface area contributed by atoms with Crippen molar-refractivity contribution in [1.82, 2.24) is 4.90 Å². The van der Waals surface area contributed by atoms with Crippen LogP contribution < -0.4 is 0 Å². The fourth-order valence-corrected chi connectivity index (χ4v) is 3.46. The molecular weight excluding hydrogens is 224 g/mol. The molecule has 3 nitrogen and oxygen atoms in total. The molecule has 3 heteroatoms. The van der Waals surface area contributed by atoms with E-state index in [-0.39, 0.29) is 0 Å². The summed E-state index contributed by atoms with van der Waals surface area (Å²) in [5, 5.41) is 8.82. The topological polar surface area (TPSA) is 36.3 Å². The van der Waals surface area contributed by atoms with Crippen molar-refractivity contribution in [2.75, 3.05) is 19.6 Å². The lowest BCUT2D eigenvalue weighted by molar-refractivity contribution is -0.0394. The molecule has 0 amide bonds. The fourth-order valence-electron chi connectivity index (χ4n) is 3.46. The molecule has 18 heavy (non-hydrogen) atoms. The number of nitriles is 1. The van der Waals surface area contributed by atoms with Crippen LogP contribution in [-0.4, -0.2) is 36.7 Å². The zero-order valence-corrected chi connectivity index (χ0v) is 11.2. The third-order valence-corrected chi connectivity index (χ3v) is 4.80. The molecule has 0 radical (unpaired) electrons. The Kier molecular flexibility index (Phi) is 3.86. The Labute approximate surface area is 110 Å². The normalized spacial score (nSPS) is 34.6. The predicted molar refractivity (Wildman–Crippen MR) is 70.0 cm³/mol. The summed E-state index contributed by atoms with van der Waals surface area (Å²) in [5.41, 5.74) is 0. The van der Waals surface area contributed by atoms with Gasteiger partial charge in [0, 0.05) is 19.6 Å². The van der Waals surface area contributed by atoms with Gasteiger partial charge in [-0.05, 0) is 38.0 Å². The largest absolute Gasteiger partial charge is 0.375 e. The Morgan fingerprint density at radius 2 is 1.72 bits per heavy atom. The van der Waals surface area contributed by atoms with Crippen molar-refractivity contribution in [3.8, 4) is 6.07 Å². The fraction of sp³-hybridized carbons (Fsp3) is 0.933. The highest BCUT2D eigenvalue weighted by Gasteiger charge is 2.38. The number of rotatable bonds is 4. The second kappa shape index (κ2) is 5.59. The standard InChI is InChI=1S/C15H24N2O/c16-10-12-9-13(12)11-17-7-5-15(6-8-17)18-14-3-1-2-4-14/h12-15H,1-9,11H2. The molecule has 1 heterocycles. The number of piperidine rings is 1. The highest BCUT2D eigenvalue weighted by Crippen LogP contribution is 2.38. The SMILES string of the molecule is N#CC1CC1CN1CCC(OC2CCCC2)CC1. The van der Waals surface area contributed by atoms with E-state index in [1.807, 2.05) is 0 Å². The molecule has 0 N–H and O–H groups in total. The predicted octanol–water partition coefficient (Wildman–Crippen LogP) is 2.57. The number of hydrogen-bond donors (Lipinski definition) is 0. The molecule has 1 saturated heterocycles. The quantitative estimate of drug-likeness (QED) is 0.767. The van der Waals surface area contributed by atoms with Gasteiger partial charge in [-0.3, -0.25) is 0 Å². The first-order chi connectivity index (χ1) is 8.85. The van der Waals surface area contributed by atoms with Crippen LogP contribution in [0.3, 0.4) is 0 Å². The lowest BCUT2D eigenvalue weighted by Crippen LogP contribution is -2.39. The molecule has 2 unspecified atom stereocenters. The number of ether oxygens (including phenoxy) is 1. The van der Waals surface area contributed by atoms with Crippen molar-refractivity contribution in [1.29, 1.82) is 5.26 Å². The van der Waals surface area contributed by atoms with Crippen LogP contribution in [0, 0.1) is 23.2 Å². The van der Waals surface area contributed by atoms with Gasteiger partial charge in [-0.15, -0.1) is 0 Å². The van der Waals surface area contributed by atoms with Crippen LogP contribution in [0.2, 0.25) is 0 Å². The third-order valence-electron chi connectivity index (χ3n) is 4.80. The van der Waals surface area contributed by atoms with Crippen LogP contribution in [0.5, 0.6) is 0 Å². The van der Waals surface area contributed by atoms with Gasteiger partial charge >= 0.3 is 0 Å². The highest BCUT2D eigenvalue weighted by atomic mass is 16.5. The zero-order valence-electron chi connectivity index (χ0n) is 11.2. The summed E-state index contributed by atoms with van der Waals surface area (Å²) in [6, 6.07) is 2.38. The lowest BCUT2D eigenvalue weighted by Gasteiger charge is -2.33. The van der Waals surface area contributed by atoms with Crippen molar-refractivity contribution in [3.05, 3.63) is 0 Å². The van der Waals surface area contributed by atoms with Gasteiger partial charge in [-0.25, -0.2) is 0 Å². The summed E-state index contributed by atoms with van der Waals surface area (Å²) in [4.78, 5) is 2.54. The molecule has 3 rings (SSSR count). The lowest BCUT2D eigenvalue weighted by atomic mass is 10.1. The molecule has 100 valence electrons. The molecule has 0 aromatic carbocycles. The molecule has 2 atom stereocenters. The maximum absolute atomic E-state index is 8.82. The summed E-state index contributed by atoms with van der Waals surface area (Å²) < 4.78 is 6.18. The van der Waals surface area contributed by atoms with Gasteiger partial charge in [-0.1, -0.05) is 12.8 Å². The van der Waals surface area contributed by atoms with E-state index in [2.05, 4.69) is 11.0 Å². The summed E-state index contributed by atoms with van der Waals surface area (Å²) in [6.45, 7) is 3.49. The Bertz CT molecular complexity index is 311. The average molecular weight is 248 g/mol. The molecule has 0 bridgehead atoms. The molecular formula is C15H24N2O. The first-order valence-electron chi connectivity index (χ1n) is 7.62. The molecule has 2 aliphatic carbocycles. The van der Waals surface area contributed by atoms with E-state index >= 15 is 0 Å². The maximum atomic E-state index is 8.82. The zero-order chi connectivity index (χ0) is 12.4. The first-order valence-corrected chi connectivity index (χ1v) is 7.62. The second-order valence-electron chi connectivity index (χ2n) is 6.27. The smallest absolute Gasteiger partial charge is 0.0659 e. The van der Waals surface area contributed by atoms with E-state index in [0.717, 1.165) is 13.0 Å². The Balaban J connectivity index is 1.35. The molecule has 0 aromatic heterocycles. The minimum Gasteiger partial charge on any atom is -0.375 e. The highest BCUT2D eigenvalue weighted by molar-refractivity contribution is 5.02. The van der Waals surface area contributed by atoms with Crippen molar-refractivity contribution < 1.29 is 4.74 Å². The van der Waals surface area contributed by atoms with E-state index in [1.54, 1.807) is 0 Å². The number of nitrogens with zero attached hydrogens (tertiary/aromatic N) is 2. The van der Waals surface area contributed by atoms with Crippen molar-refractivity contribution in [3.63, 3.8) is 0 Å². The second-order valence-corrected chi connectivity index (χ2v) is 6.27. The van der Waals surface area contributed by atoms with Gasteiger partial charge in [0.15, 0.2) is 0 Å². The molecule has 0 aromatic rings. The van der Waals surface area contributed by atoms with Crippen LogP contribution in [0.4, 0.5) is 0 Å². The molecule has 2 saturated carbocycles.